The zero-order chi connectivity index (χ0) is 14.1. The quantitative estimate of drug-likeness (QED) is 0.728. The molecule has 20 heavy (non-hydrogen) atoms. The molecular weight excluding hydrogens is 320 g/mol. The maximum atomic E-state index is 5.81. The van der Waals surface area contributed by atoms with Crippen LogP contribution in [0.5, 0.6) is 0 Å². The largest absolute Gasteiger partial charge is 0.399 e. The van der Waals surface area contributed by atoms with E-state index in [-0.39, 0.29) is 0 Å². The van der Waals surface area contributed by atoms with Crippen molar-refractivity contribution in [3.8, 4) is 22.8 Å². The third-order valence-corrected chi connectivity index (χ3v) is 3.33. The zero-order valence-electron chi connectivity index (χ0n) is 10.7. The van der Waals surface area contributed by atoms with Crippen LogP contribution in [-0.4, -0.2) is 15.1 Å². The van der Waals surface area contributed by atoms with Gasteiger partial charge in [-0.3, -0.25) is 4.98 Å². The molecule has 3 aromatic rings. The van der Waals surface area contributed by atoms with Crippen molar-refractivity contribution in [1.29, 1.82) is 0 Å². The predicted molar refractivity (Wildman–Crippen MR) is 79.8 cm³/mol. The molecule has 1 aromatic carbocycles. The highest BCUT2D eigenvalue weighted by atomic mass is 79.9. The van der Waals surface area contributed by atoms with Gasteiger partial charge >= 0.3 is 0 Å². The Morgan fingerprint density at radius 2 is 2.10 bits per heavy atom. The second kappa shape index (κ2) is 5.05. The van der Waals surface area contributed by atoms with Gasteiger partial charge in [-0.25, -0.2) is 0 Å². The van der Waals surface area contributed by atoms with Gasteiger partial charge in [0.25, 0.3) is 5.89 Å². The Hall–Kier alpha value is -2.21. The van der Waals surface area contributed by atoms with Crippen molar-refractivity contribution in [1.82, 2.24) is 15.1 Å². The van der Waals surface area contributed by atoms with Crippen LogP contribution in [-0.2, 0) is 0 Å². The second-order valence-corrected chi connectivity index (χ2v) is 5.30. The molecule has 6 heteroatoms. The third-order valence-electron chi connectivity index (χ3n) is 2.87. The second-order valence-electron chi connectivity index (χ2n) is 4.39. The zero-order valence-corrected chi connectivity index (χ0v) is 12.3. The molecule has 2 aromatic heterocycles. The summed E-state index contributed by atoms with van der Waals surface area (Å²) < 4.78 is 6.17. The molecule has 0 aliphatic rings. The summed E-state index contributed by atoms with van der Waals surface area (Å²) >= 11 is 3.39. The van der Waals surface area contributed by atoms with Crippen LogP contribution in [0.15, 0.2) is 45.7 Å². The maximum absolute atomic E-state index is 5.81. The fourth-order valence-corrected chi connectivity index (χ4v) is 2.39. The number of pyridine rings is 1. The van der Waals surface area contributed by atoms with Crippen molar-refractivity contribution in [3.63, 3.8) is 0 Å². The van der Waals surface area contributed by atoms with Crippen LogP contribution in [0.3, 0.4) is 0 Å². The Bertz CT molecular complexity index is 749. The van der Waals surface area contributed by atoms with Gasteiger partial charge < -0.3 is 10.3 Å². The number of rotatable bonds is 2. The molecule has 100 valence electrons. The van der Waals surface area contributed by atoms with Gasteiger partial charge in [-0.2, -0.15) is 4.98 Å². The minimum absolute atomic E-state index is 0.427. The lowest BCUT2D eigenvalue weighted by molar-refractivity contribution is 0.432. The van der Waals surface area contributed by atoms with Gasteiger partial charge in [0, 0.05) is 33.7 Å². The molecule has 0 aliphatic carbocycles. The van der Waals surface area contributed by atoms with Crippen LogP contribution in [0.25, 0.3) is 22.8 Å². The normalized spacial score (nSPS) is 10.7. The molecule has 0 fully saturated rings. The number of nitrogen functional groups attached to an aromatic ring is 1. The first-order valence-electron chi connectivity index (χ1n) is 5.94. The van der Waals surface area contributed by atoms with E-state index in [0.717, 1.165) is 21.2 Å². The molecule has 0 spiro atoms. The van der Waals surface area contributed by atoms with Gasteiger partial charge in [-0.05, 0) is 36.8 Å². The van der Waals surface area contributed by atoms with Crippen LogP contribution in [0.2, 0.25) is 0 Å². The predicted octanol–water partition coefficient (Wildman–Crippen LogP) is 3.45. The highest BCUT2D eigenvalue weighted by Crippen LogP contribution is 2.27. The number of nitrogens with two attached hydrogens (primary N) is 1. The SMILES string of the molecule is Cc1ccncc1-c1noc(-c2cc(N)cc(Br)c2)n1. The molecular formula is C14H11BrN4O. The van der Waals surface area contributed by atoms with E-state index >= 15 is 0 Å². The summed E-state index contributed by atoms with van der Waals surface area (Å²) in [5.74, 6) is 0.945. The number of halogens is 1. The number of aryl methyl sites for hydroxylation is 1. The lowest BCUT2D eigenvalue weighted by Gasteiger charge is -1.99. The maximum Gasteiger partial charge on any atom is 0.258 e. The fourth-order valence-electron chi connectivity index (χ4n) is 1.88. The van der Waals surface area contributed by atoms with E-state index in [1.807, 2.05) is 25.1 Å². The number of benzene rings is 1. The molecule has 0 atom stereocenters. The molecule has 0 bridgehead atoms. The number of aromatic nitrogens is 3. The molecule has 0 unspecified atom stereocenters. The van der Waals surface area contributed by atoms with E-state index in [9.17, 15) is 0 Å². The lowest BCUT2D eigenvalue weighted by atomic mass is 10.1. The Kier molecular flexibility index (Phi) is 3.23. The van der Waals surface area contributed by atoms with Gasteiger partial charge in [0.1, 0.15) is 0 Å². The molecule has 0 radical (unpaired) electrons. The molecule has 0 saturated carbocycles. The lowest BCUT2D eigenvalue weighted by Crippen LogP contribution is -1.88. The Morgan fingerprint density at radius 3 is 2.85 bits per heavy atom. The van der Waals surface area contributed by atoms with Gasteiger partial charge in [-0.1, -0.05) is 21.1 Å². The van der Waals surface area contributed by atoms with E-state index in [1.165, 1.54) is 0 Å². The fraction of sp³-hybridized carbons (Fsp3) is 0.0714. The standard InChI is InChI=1S/C14H11BrN4O/c1-8-2-3-17-7-12(8)13-18-14(20-19-13)9-4-10(15)6-11(16)5-9/h2-7H,16H2,1H3. The van der Waals surface area contributed by atoms with Gasteiger partial charge in [0.15, 0.2) is 0 Å². The molecule has 2 N–H and O–H groups in total. The summed E-state index contributed by atoms with van der Waals surface area (Å²) in [5, 5.41) is 4.00. The summed E-state index contributed by atoms with van der Waals surface area (Å²) in [6.45, 7) is 1.98. The topological polar surface area (TPSA) is 77.8 Å². The third kappa shape index (κ3) is 2.42. The van der Waals surface area contributed by atoms with E-state index in [2.05, 4.69) is 31.1 Å². The summed E-state index contributed by atoms with van der Waals surface area (Å²) in [4.78, 5) is 8.48. The van der Waals surface area contributed by atoms with Crippen molar-refractivity contribution in [2.45, 2.75) is 6.92 Å². The highest BCUT2D eigenvalue weighted by Gasteiger charge is 2.13. The molecule has 5 nitrogen and oxygen atoms in total. The Balaban J connectivity index is 2.04. The van der Waals surface area contributed by atoms with Crippen molar-refractivity contribution in [2.24, 2.45) is 0 Å². The number of hydrogen-bond donors (Lipinski definition) is 1. The van der Waals surface area contributed by atoms with Gasteiger partial charge in [0.2, 0.25) is 5.82 Å². The van der Waals surface area contributed by atoms with Crippen LogP contribution < -0.4 is 5.73 Å². The smallest absolute Gasteiger partial charge is 0.258 e. The van der Waals surface area contributed by atoms with Crippen LogP contribution in [0.1, 0.15) is 5.56 Å². The van der Waals surface area contributed by atoms with Gasteiger partial charge in [0.05, 0.1) is 0 Å². The highest BCUT2D eigenvalue weighted by molar-refractivity contribution is 9.10. The van der Waals surface area contributed by atoms with E-state index in [1.54, 1.807) is 18.5 Å². The Labute approximate surface area is 124 Å². The van der Waals surface area contributed by atoms with Crippen molar-refractivity contribution >= 4 is 21.6 Å². The first-order chi connectivity index (χ1) is 9.63. The van der Waals surface area contributed by atoms with Crippen LogP contribution in [0.4, 0.5) is 5.69 Å². The number of hydrogen-bond acceptors (Lipinski definition) is 5. The molecule has 0 aliphatic heterocycles. The molecule has 2 heterocycles. The minimum Gasteiger partial charge on any atom is -0.399 e. The minimum atomic E-state index is 0.427. The Morgan fingerprint density at radius 1 is 1.25 bits per heavy atom. The average molecular weight is 331 g/mol. The van der Waals surface area contributed by atoms with E-state index in [4.69, 9.17) is 10.3 Å². The number of anilines is 1. The van der Waals surface area contributed by atoms with Crippen molar-refractivity contribution < 1.29 is 4.52 Å². The van der Waals surface area contributed by atoms with Crippen LogP contribution >= 0.6 is 15.9 Å². The first-order valence-corrected chi connectivity index (χ1v) is 6.74. The van der Waals surface area contributed by atoms with Gasteiger partial charge in [-0.15, -0.1) is 0 Å². The molecule has 3 rings (SSSR count). The summed E-state index contributed by atoms with van der Waals surface area (Å²) in [7, 11) is 0. The van der Waals surface area contributed by atoms with Crippen molar-refractivity contribution in [3.05, 3.63) is 46.7 Å². The average Bonchev–Trinajstić information content (AvgIpc) is 2.87. The monoisotopic (exact) mass is 330 g/mol. The number of nitrogens with zero attached hydrogens (tertiary/aromatic N) is 3. The van der Waals surface area contributed by atoms with Crippen molar-refractivity contribution in [2.75, 3.05) is 5.73 Å². The van der Waals surface area contributed by atoms with Crippen LogP contribution in [0, 0.1) is 6.92 Å². The summed E-state index contributed by atoms with van der Waals surface area (Å²) in [6, 6.07) is 7.39. The van der Waals surface area contributed by atoms with E-state index in [0.29, 0.717) is 17.4 Å². The molecule has 0 amide bonds. The molecule has 0 saturated heterocycles. The van der Waals surface area contributed by atoms with E-state index < -0.39 is 0 Å². The summed E-state index contributed by atoms with van der Waals surface area (Å²) in [5.41, 5.74) is 9.11. The summed E-state index contributed by atoms with van der Waals surface area (Å²) in [6.07, 6.45) is 3.45. The first kappa shape index (κ1) is 12.8.